The van der Waals surface area contributed by atoms with E-state index < -0.39 is 5.60 Å². The number of benzene rings is 1. The molecule has 6 heteroatoms. The van der Waals surface area contributed by atoms with Crippen molar-refractivity contribution in [2.24, 2.45) is 0 Å². The smallest absolute Gasteiger partial charge is 0.265 e. The number of amides is 1. The SMILES string of the molecule is CC(C)c1ncc(C(=O)N2CC(COc3ccccc3)OC(C)(C)C2)s1. The third-order valence-electron chi connectivity index (χ3n) is 4.18. The molecule has 1 aromatic carbocycles. The van der Waals surface area contributed by atoms with Gasteiger partial charge in [-0.1, -0.05) is 32.0 Å². The summed E-state index contributed by atoms with van der Waals surface area (Å²) in [5.41, 5.74) is -0.413. The van der Waals surface area contributed by atoms with Gasteiger partial charge in [-0.2, -0.15) is 0 Å². The molecule has 140 valence electrons. The molecule has 1 aromatic heterocycles. The van der Waals surface area contributed by atoms with E-state index in [-0.39, 0.29) is 12.0 Å². The van der Waals surface area contributed by atoms with Crippen LogP contribution in [0.3, 0.4) is 0 Å². The number of nitrogens with zero attached hydrogens (tertiary/aromatic N) is 2. The highest BCUT2D eigenvalue weighted by molar-refractivity contribution is 7.13. The van der Waals surface area contributed by atoms with Crippen molar-refractivity contribution < 1.29 is 14.3 Å². The van der Waals surface area contributed by atoms with Crippen LogP contribution in [0.1, 0.15) is 48.3 Å². The number of rotatable bonds is 5. The van der Waals surface area contributed by atoms with Crippen molar-refractivity contribution in [3.05, 3.63) is 46.4 Å². The summed E-state index contributed by atoms with van der Waals surface area (Å²) in [5.74, 6) is 1.16. The fourth-order valence-electron chi connectivity index (χ4n) is 3.05. The fraction of sp³-hybridized carbons (Fsp3) is 0.500. The molecule has 1 unspecified atom stereocenters. The van der Waals surface area contributed by atoms with Crippen LogP contribution in [0.25, 0.3) is 0 Å². The summed E-state index contributed by atoms with van der Waals surface area (Å²) in [6.07, 6.45) is 1.53. The lowest BCUT2D eigenvalue weighted by molar-refractivity contribution is -0.136. The first-order chi connectivity index (χ1) is 12.3. The third-order valence-corrected chi connectivity index (χ3v) is 5.46. The minimum absolute atomic E-state index is 0.0236. The monoisotopic (exact) mass is 374 g/mol. The van der Waals surface area contributed by atoms with E-state index in [0.29, 0.717) is 30.5 Å². The zero-order chi connectivity index (χ0) is 18.7. The van der Waals surface area contributed by atoms with Crippen LogP contribution >= 0.6 is 11.3 Å². The summed E-state index contributed by atoms with van der Waals surface area (Å²) in [6, 6.07) is 9.66. The lowest BCUT2D eigenvalue weighted by atomic mass is 10.1. The van der Waals surface area contributed by atoms with E-state index in [2.05, 4.69) is 18.8 Å². The zero-order valence-electron chi connectivity index (χ0n) is 15.8. The molecule has 2 aromatic rings. The first-order valence-corrected chi connectivity index (χ1v) is 9.76. The van der Waals surface area contributed by atoms with E-state index in [1.165, 1.54) is 11.3 Å². The topological polar surface area (TPSA) is 51.7 Å². The first kappa shape index (κ1) is 18.9. The number of ether oxygens (including phenoxy) is 2. The van der Waals surface area contributed by atoms with Crippen molar-refractivity contribution in [3.63, 3.8) is 0 Å². The van der Waals surface area contributed by atoms with E-state index in [0.717, 1.165) is 10.8 Å². The first-order valence-electron chi connectivity index (χ1n) is 8.95. The molecule has 0 spiro atoms. The van der Waals surface area contributed by atoms with Gasteiger partial charge >= 0.3 is 0 Å². The Balaban J connectivity index is 1.67. The molecule has 0 aliphatic carbocycles. The van der Waals surface area contributed by atoms with Crippen LogP contribution in [-0.4, -0.2) is 47.2 Å². The fourth-order valence-corrected chi connectivity index (χ4v) is 3.94. The van der Waals surface area contributed by atoms with Gasteiger partial charge in [0.25, 0.3) is 5.91 Å². The van der Waals surface area contributed by atoms with Crippen LogP contribution in [0.15, 0.2) is 36.5 Å². The van der Waals surface area contributed by atoms with Gasteiger partial charge in [0.2, 0.25) is 0 Å². The summed E-state index contributed by atoms with van der Waals surface area (Å²) in [7, 11) is 0. The number of para-hydroxylation sites is 1. The van der Waals surface area contributed by atoms with Crippen LogP contribution in [0, 0.1) is 0 Å². The van der Waals surface area contributed by atoms with Crippen molar-refractivity contribution in [1.29, 1.82) is 0 Å². The second-order valence-corrected chi connectivity index (χ2v) is 8.59. The quantitative estimate of drug-likeness (QED) is 0.795. The molecule has 1 saturated heterocycles. The van der Waals surface area contributed by atoms with Gasteiger partial charge in [-0.3, -0.25) is 4.79 Å². The molecule has 0 N–H and O–H groups in total. The van der Waals surface area contributed by atoms with E-state index in [4.69, 9.17) is 9.47 Å². The molecule has 1 aliphatic rings. The van der Waals surface area contributed by atoms with Gasteiger partial charge < -0.3 is 14.4 Å². The van der Waals surface area contributed by atoms with E-state index in [1.54, 1.807) is 6.20 Å². The predicted molar refractivity (Wildman–Crippen MR) is 103 cm³/mol. The Hall–Kier alpha value is -1.92. The molecule has 1 amide bonds. The summed E-state index contributed by atoms with van der Waals surface area (Å²) < 4.78 is 12.0. The maximum atomic E-state index is 12.9. The third kappa shape index (κ3) is 4.62. The normalized spacial score (nSPS) is 19.6. The minimum atomic E-state index is -0.413. The Kier molecular flexibility index (Phi) is 5.63. The minimum Gasteiger partial charge on any atom is -0.491 e. The predicted octanol–water partition coefficient (Wildman–Crippen LogP) is 3.97. The molecule has 1 atom stereocenters. The molecule has 1 fully saturated rings. The van der Waals surface area contributed by atoms with Crippen LogP contribution in [0.2, 0.25) is 0 Å². The largest absolute Gasteiger partial charge is 0.491 e. The average molecular weight is 375 g/mol. The summed E-state index contributed by atoms with van der Waals surface area (Å²) in [4.78, 5) is 19.9. The molecule has 5 nitrogen and oxygen atoms in total. The number of carbonyl (C=O) groups excluding carboxylic acids is 1. The maximum Gasteiger partial charge on any atom is 0.265 e. The summed E-state index contributed by atoms with van der Waals surface area (Å²) in [5, 5.41) is 0.991. The maximum absolute atomic E-state index is 12.9. The molecule has 0 bridgehead atoms. The van der Waals surface area contributed by atoms with E-state index in [9.17, 15) is 4.79 Å². The Morgan fingerprint density at radius 1 is 1.38 bits per heavy atom. The Morgan fingerprint density at radius 3 is 2.77 bits per heavy atom. The molecular formula is C20H26N2O3S. The zero-order valence-corrected chi connectivity index (χ0v) is 16.6. The Labute approximate surface area is 159 Å². The van der Waals surface area contributed by atoms with Crippen LogP contribution in [-0.2, 0) is 4.74 Å². The van der Waals surface area contributed by atoms with Gasteiger partial charge in [0.15, 0.2) is 0 Å². The number of thiazole rings is 1. The van der Waals surface area contributed by atoms with Crippen molar-refractivity contribution in [2.75, 3.05) is 19.7 Å². The van der Waals surface area contributed by atoms with Gasteiger partial charge in [0.1, 0.15) is 23.3 Å². The Morgan fingerprint density at radius 2 is 2.12 bits per heavy atom. The van der Waals surface area contributed by atoms with E-state index >= 15 is 0 Å². The lowest BCUT2D eigenvalue weighted by Crippen LogP contribution is -2.56. The van der Waals surface area contributed by atoms with Crippen molar-refractivity contribution in [3.8, 4) is 5.75 Å². The lowest BCUT2D eigenvalue weighted by Gasteiger charge is -2.42. The molecule has 26 heavy (non-hydrogen) atoms. The molecule has 3 rings (SSSR count). The number of carbonyl (C=O) groups is 1. The molecule has 0 radical (unpaired) electrons. The second kappa shape index (κ2) is 7.76. The molecular weight excluding hydrogens is 348 g/mol. The van der Waals surface area contributed by atoms with E-state index in [1.807, 2.05) is 49.1 Å². The van der Waals surface area contributed by atoms with Crippen LogP contribution in [0.4, 0.5) is 0 Å². The second-order valence-electron chi connectivity index (χ2n) is 7.53. The van der Waals surface area contributed by atoms with Gasteiger partial charge in [-0.25, -0.2) is 4.98 Å². The van der Waals surface area contributed by atoms with Crippen molar-refractivity contribution in [1.82, 2.24) is 9.88 Å². The molecule has 1 aliphatic heterocycles. The number of aromatic nitrogens is 1. The standard InChI is InChI=1S/C20H26N2O3S/c1-14(2)18-21-10-17(26-18)19(23)22-11-16(25-20(3,4)13-22)12-24-15-8-6-5-7-9-15/h5-10,14,16H,11-13H2,1-4H3. The average Bonchev–Trinajstić information content (AvgIpc) is 3.09. The molecule has 2 heterocycles. The number of morpholine rings is 1. The van der Waals surface area contributed by atoms with Gasteiger partial charge in [-0.15, -0.1) is 11.3 Å². The van der Waals surface area contributed by atoms with Crippen molar-refractivity contribution >= 4 is 17.2 Å². The van der Waals surface area contributed by atoms with Gasteiger partial charge in [0, 0.05) is 12.5 Å². The van der Waals surface area contributed by atoms with Crippen molar-refractivity contribution in [2.45, 2.75) is 45.3 Å². The Bertz CT molecular complexity index is 743. The van der Waals surface area contributed by atoms with Crippen LogP contribution < -0.4 is 4.74 Å². The number of hydrogen-bond acceptors (Lipinski definition) is 5. The highest BCUT2D eigenvalue weighted by Gasteiger charge is 2.36. The summed E-state index contributed by atoms with van der Waals surface area (Å²) >= 11 is 1.48. The van der Waals surface area contributed by atoms with Gasteiger partial charge in [-0.05, 0) is 26.0 Å². The number of hydrogen-bond donors (Lipinski definition) is 0. The van der Waals surface area contributed by atoms with Gasteiger partial charge in [0.05, 0.1) is 23.4 Å². The molecule has 0 saturated carbocycles. The highest BCUT2D eigenvalue weighted by atomic mass is 32.1. The van der Waals surface area contributed by atoms with Crippen LogP contribution in [0.5, 0.6) is 5.75 Å². The highest BCUT2D eigenvalue weighted by Crippen LogP contribution is 2.26. The summed E-state index contributed by atoms with van der Waals surface area (Å²) in [6.45, 7) is 9.68.